The molecule has 0 unspecified atom stereocenters. The number of rotatable bonds is 4. The molecule has 0 aromatic carbocycles. The lowest BCUT2D eigenvalue weighted by Gasteiger charge is -1.92. The van der Waals surface area contributed by atoms with Gasteiger partial charge in [-0.1, -0.05) is 18.3 Å². The van der Waals surface area contributed by atoms with Crippen molar-refractivity contribution in [3.8, 4) is 0 Å². The summed E-state index contributed by atoms with van der Waals surface area (Å²) in [7, 11) is 0. The molecule has 3 N–H and O–H groups in total. The third kappa shape index (κ3) is 3.86. The van der Waals surface area contributed by atoms with Crippen LogP contribution in [0.25, 0.3) is 0 Å². The molecule has 15 heavy (non-hydrogen) atoms. The predicted molar refractivity (Wildman–Crippen MR) is 56.3 cm³/mol. The minimum absolute atomic E-state index is 0.408. The van der Waals surface area contributed by atoms with Crippen LogP contribution >= 0.6 is 11.3 Å². The van der Waals surface area contributed by atoms with Crippen molar-refractivity contribution in [1.29, 1.82) is 0 Å². The molecule has 1 heterocycles. The van der Waals surface area contributed by atoms with Crippen LogP contribution in [0.3, 0.4) is 0 Å². The first kappa shape index (κ1) is 11.3. The van der Waals surface area contributed by atoms with Crippen molar-refractivity contribution >= 4 is 28.3 Å². The summed E-state index contributed by atoms with van der Waals surface area (Å²) < 4.78 is 0. The lowest BCUT2D eigenvalue weighted by molar-refractivity contribution is -0.115. The summed E-state index contributed by atoms with van der Waals surface area (Å²) in [5.74, 6) is -1.12. The number of aryl methyl sites for hydroxylation is 1. The molecule has 0 bridgehead atoms. The van der Waals surface area contributed by atoms with Gasteiger partial charge in [-0.15, -0.1) is 10.2 Å². The molecule has 0 fully saturated rings. The Labute approximate surface area is 90.2 Å². The number of amides is 2. The molecular weight excluding hydrogens is 216 g/mol. The number of hydrogen-bond acceptors (Lipinski definition) is 5. The van der Waals surface area contributed by atoms with Gasteiger partial charge in [0.25, 0.3) is 0 Å². The van der Waals surface area contributed by atoms with Crippen LogP contribution in [0.5, 0.6) is 0 Å². The molecule has 7 heteroatoms. The third-order valence-corrected chi connectivity index (χ3v) is 2.38. The highest BCUT2D eigenvalue weighted by Crippen LogP contribution is 2.14. The quantitative estimate of drug-likeness (QED) is 0.710. The SMILES string of the molecule is CCc1nnc(NC(=O)/C=C\C(N)=O)s1. The number of carbonyl (C=O) groups is 2. The van der Waals surface area contributed by atoms with Gasteiger partial charge in [0, 0.05) is 12.2 Å². The number of nitrogens with zero attached hydrogens (tertiary/aromatic N) is 2. The molecule has 0 saturated heterocycles. The van der Waals surface area contributed by atoms with Crippen LogP contribution in [0.15, 0.2) is 12.2 Å². The Bertz CT molecular complexity index is 399. The number of nitrogens with one attached hydrogen (secondary N) is 1. The van der Waals surface area contributed by atoms with E-state index in [0.29, 0.717) is 5.13 Å². The van der Waals surface area contributed by atoms with E-state index < -0.39 is 11.8 Å². The summed E-state index contributed by atoms with van der Waals surface area (Å²) in [5, 5.41) is 11.3. The standard InChI is InChI=1S/C8H10N4O2S/c1-2-7-11-12-8(15-7)10-6(14)4-3-5(9)13/h3-4H,2H2,1H3,(H2,9,13)(H,10,12,14)/b4-3-. The second-order valence-corrected chi connectivity index (χ2v) is 3.64. The van der Waals surface area contributed by atoms with Crippen LogP contribution in [-0.2, 0) is 16.0 Å². The molecule has 0 aliphatic rings. The van der Waals surface area contributed by atoms with Gasteiger partial charge in [0.15, 0.2) is 0 Å². The van der Waals surface area contributed by atoms with Crippen LogP contribution in [-0.4, -0.2) is 22.0 Å². The van der Waals surface area contributed by atoms with E-state index in [0.717, 1.165) is 23.6 Å². The second-order valence-electron chi connectivity index (χ2n) is 2.58. The van der Waals surface area contributed by atoms with E-state index in [4.69, 9.17) is 5.73 Å². The fourth-order valence-electron chi connectivity index (χ4n) is 0.752. The van der Waals surface area contributed by atoms with E-state index in [-0.39, 0.29) is 0 Å². The van der Waals surface area contributed by atoms with E-state index in [1.54, 1.807) is 0 Å². The van der Waals surface area contributed by atoms with Crippen LogP contribution in [0, 0.1) is 0 Å². The summed E-state index contributed by atoms with van der Waals surface area (Å²) >= 11 is 1.29. The Kier molecular flexibility index (Phi) is 3.92. The smallest absolute Gasteiger partial charge is 0.250 e. The first-order valence-electron chi connectivity index (χ1n) is 4.22. The van der Waals surface area contributed by atoms with Crippen LogP contribution in [0.4, 0.5) is 5.13 Å². The predicted octanol–water partition coefficient (Wildman–Crippen LogP) is 0.0805. The molecule has 2 amide bonds. The van der Waals surface area contributed by atoms with Gasteiger partial charge in [-0.25, -0.2) is 0 Å². The van der Waals surface area contributed by atoms with Gasteiger partial charge >= 0.3 is 0 Å². The molecule has 6 nitrogen and oxygen atoms in total. The van der Waals surface area contributed by atoms with Crippen molar-refractivity contribution in [2.45, 2.75) is 13.3 Å². The van der Waals surface area contributed by atoms with Crippen LogP contribution in [0.2, 0.25) is 0 Å². The van der Waals surface area contributed by atoms with Crippen molar-refractivity contribution in [2.24, 2.45) is 5.73 Å². The maximum absolute atomic E-state index is 11.1. The number of primary amides is 1. The number of hydrogen-bond donors (Lipinski definition) is 2. The van der Waals surface area contributed by atoms with Crippen molar-refractivity contribution in [3.63, 3.8) is 0 Å². The zero-order valence-corrected chi connectivity index (χ0v) is 8.87. The molecule has 1 aromatic heterocycles. The molecule has 80 valence electrons. The van der Waals surface area contributed by atoms with E-state index in [1.807, 2.05) is 6.92 Å². The average Bonchev–Trinajstić information content (AvgIpc) is 2.62. The Morgan fingerprint density at radius 3 is 2.73 bits per heavy atom. The van der Waals surface area contributed by atoms with Gasteiger partial charge in [-0.05, 0) is 6.42 Å². The Hall–Kier alpha value is -1.76. The van der Waals surface area contributed by atoms with Gasteiger partial charge in [0.2, 0.25) is 16.9 Å². The van der Waals surface area contributed by atoms with Gasteiger partial charge in [-0.3, -0.25) is 14.9 Å². The minimum Gasteiger partial charge on any atom is -0.366 e. The highest BCUT2D eigenvalue weighted by molar-refractivity contribution is 7.15. The van der Waals surface area contributed by atoms with E-state index in [2.05, 4.69) is 15.5 Å². The molecular formula is C8H10N4O2S. The Balaban J connectivity index is 2.54. The van der Waals surface area contributed by atoms with Gasteiger partial charge < -0.3 is 5.73 Å². The van der Waals surface area contributed by atoms with Crippen molar-refractivity contribution in [3.05, 3.63) is 17.2 Å². The molecule has 0 saturated carbocycles. The van der Waals surface area contributed by atoms with Crippen LogP contribution in [0.1, 0.15) is 11.9 Å². The third-order valence-electron chi connectivity index (χ3n) is 1.40. The summed E-state index contributed by atoms with van der Waals surface area (Å²) in [6.07, 6.45) is 2.80. The molecule has 1 rings (SSSR count). The normalized spacial score (nSPS) is 10.5. The second kappa shape index (κ2) is 5.20. The molecule has 0 radical (unpaired) electrons. The van der Waals surface area contributed by atoms with Gasteiger partial charge in [0.1, 0.15) is 5.01 Å². The summed E-state index contributed by atoms with van der Waals surface area (Å²) in [5.41, 5.74) is 4.83. The maximum atomic E-state index is 11.1. The maximum Gasteiger partial charge on any atom is 0.250 e. The Morgan fingerprint density at radius 2 is 2.20 bits per heavy atom. The Morgan fingerprint density at radius 1 is 1.47 bits per heavy atom. The topological polar surface area (TPSA) is 98.0 Å². The summed E-state index contributed by atoms with van der Waals surface area (Å²) in [6.45, 7) is 1.94. The highest BCUT2D eigenvalue weighted by Gasteiger charge is 2.04. The number of carbonyl (C=O) groups excluding carboxylic acids is 2. The van der Waals surface area contributed by atoms with Crippen LogP contribution < -0.4 is 11.1 Å². The average molecular weight is 226 g/mol. The van der Waals surface area contributed by atoms with Gasteiger partial charge in [-0.2, -0.15) is 0 Å². The summed E-state index contributed by atoms with van der Waals surface area (Å²) in [4.78, 5) is 21.5. The zero-order chi connectivity index (χ0) is 11.3. The fraction of sp³-hybridized carbons (Fsp3) is 0.250. The largest absolute Gasteiger partial charge is 0.366 e. The van der Waals surface area contributed by atoms with Crippen molar-refractivity contribution in [2.75, 3.05) is 5.32 Å². The fourth-order valence-corrected chi connectivity index (χ4v) is 1.43. The lowest BCUT2D eigenvalue weighted by atomic mass is 10.4. The van der Waals surface area contributed by atoms with Gasteiger partial charge in [0.05, 0.1) is 0 Å². The number of nitrogens with two attached hydrogens (primary N) is 1. The van der Waals surface area contributed by atoms with Crippen molar-refractivity contribution in [1.82, 2.24) is 10.2 Å². The molecule has 0 atom stereocenters. The number of anilines is 1. The first-order chi connectivity index (χ1) is 7.11. The molecule has 0 spiro atoms. The monoisotopic (exact) mass is 226 g/mol. The molecule has 1 aromatic rings. The molecule has 0 aliphatic heterocycles. The minimum atomic E-state index is -0.670. The highest BCUT2D eigenvalue weighted by atomic mass is 32.1. The first-order valence-corrected chi connectivity index (χ1v) is 5.04. The lowest BCUT2D eigenvalue weighted by Crippen LogP contribution is -2.11. The zero-order valence-electron chi connectivity index (χ0n) is 8.06. The van der Waals surface area contributed by atoms with E-state index >= 15 is 0 Å². The van der Waals surface area contributed by atoms with E-state index in [9.17, 15) is 9.59 Å². The number of aromatic nitrogens is 2. The molecule has 0 aliphatic carbocycles. The summed E-state index contributed by atoms with van der Waals surface area (Å²) in [6, 6.07) is 0. The van der Waals surface area contributed by atoms with E-state index in [1.165, 1.54) is 11.3 Å². The van der Waals surface area contributed by atoms with Crippen molar-refractivity contribution < 1.29 is 9.59 Å².